The fraction of sp³-hybridized carbons (Fsp3) is 0.231. The molecule has 0 unspecified atom stereocenters. The predicted octanol–water partition coefficient (Wildman–Crippen LogP) is 4.14. The highest BCUT2D eigenvalue weighted by molar-refractivity contribution is 7.08. The highest BCUT2D eigenvalue weighted by atomic mass is 35.5. The molecule has 1 heterocycles. The molecule has 0 aliphatic heterocycles. The molecular weight excluding hydrogens is 257 g/mol. The van der Waals surface area contributed by atoms with E-state index >= 15 is 0 Å². The summed E-state index contributed by atoms with van der Waals surface area (Å²) in [7, 11) is 0. The van der Waals surface area contributed by atoms with Gasteiger partial charge < -0.3 is 5.32 Å². The van der Waals surface area contributed by atoms with Crippen LogP contribution in [-0.4, -0.2) is 0 Å². The second-order valence-electron chi connectivity index (χ2n) is 3.92. The van der Waals surface area contributed by atoms with Crippen LogP contribution in [0.3, 0.4) is 0 Å². The second-order valence-corrected chi connectivity index (χ2v) is 5.10. The molecule has 1 N–H and O–H groups in total. The highest BCUT2D eigenvalue weighted by Crippen LogP contribution is 2.16. The maximum Gasteiger partial charge on any atom is 0.129 e. The fourth-order valence-corrected chi connectivity index (χ4v) is 2.58. The lowest BCUT2D eigenvalue weighted by Gasteiger charge is -2.06. The Morgan fingerprint density at radius 2 is 2.00 bits per heavy atom. The minimum Gasteiger partial charge on any atom is -0.308 e. The quantitative estimate of drug-likeness (QED) is 0.880. The molecule has 17 heavy (non-hydrogen) atoms. The summed E-state index contributed by atoms with van der Waals surface area (Å²) in [6.45, 7) is 3.35. The van der Waals surface area contributed by atoms with E-state index in [0.29, 0.717) is 17.1 Å². The topological polar surface area (TPSA) is 12.0 Å². The Kier molecular flexibility index (Phi) is 4.15. The molecule has 1 nitrogen and oxygen atoms in total. The van der Waals surface area contributed by atoms with E-state index in [1.54, 1.807) is 23.5 Å². The van der Waals surface area contributed by atoms with Gasteiger partial charge in [-0.25, -0.2) is 4.39 Å². The summed E-state index contributed by atoms with van der Waals surface area (Å²) >= 11 is 7.38. The summed E-state index contributed by atoms with van der Waals surface area (Å²) in [6, 6.07) is 4.76. The Hall–Kier alpha value is -0.900. The maximum atomic E-state index is 13.5. The van der Waals surface area contributed by atoms with Gasteiger partial charge in [-0.2, -0.15) is 11.3 Å². The summed E-state index contributed by atoms with van der Waals surface area (Å²) in [5.74, 6) is -0.257. The van der Waals surface area contributed by atoms with Crippen molar-refractivity contribution in [2.75, 3.05) is 0 Å². The normalized spacial score (nSPS) is 10.8. The van der Waals surface area contributed by atoms with E-state index in [1.165, 1.54) is 17.2 Å². The molecule has 0 spiro atoms. The van der Waals surface area contributed by atoms with Crippen LogP contribution in [0.5, 0.6) is 0 Å². The third kappa shape index (κ3) is 3.28. The zero-order valence-corrected chi connectivity index (χ0v) is 11.0. The molecule has 0 saturated heterocycles. The van der Waals surface area contributed by atoms with Crippen LogP contribution in [0.15, 0.2) is 29.0 Å². The zero-order chi connectivity index (χ0) is 12.3. The van der Waals surface area contributed by atoms with Gasteiger partial charge in [-0.05, 0) is 40.9 Å². The minimum absolute atomic E-state index is 0.257. The van der Waals surface area contributed by atoms with Crippen molar-refractivity contribution >= 4 is 22.9 Å². The molecule has 1 aromatic carbocycles. The number of hydrogen-bond donors (Lipinski definition) is 1. The summed E-state index contributed by atoms with van der Waals surface area (Å²) < 4.78 is 13.5. The van der Waals surface area contributed by atoms with E-state index in [1.807, 2.05) is 0 Å². The first-order valence-electron chi connectivity index (χ1n) is 5.33. The van der Waals surface area contributed by atoms with Crippen LogP contribution in [0.25, 0.3) is 0 Å². The third-order valence-corrected chi connectivity index (χ3v) is 3.75. The van der Waals surface area contributed by atoms with Crippen molar-refractivity contribution in [1.82, 2.24) is 5.32 Å². The molecule has 0 radical (unpaired) electrons. The molecule has 0 atom stereocenters. The summed E-state index contributed by atoms with van der Waals surface area (Å²) in [6.07, 6.45) is 0. The smallest absolute Gasteiger partial charge is 0.129 e. The first-order chi connectivity index (χ1) is 8.16. The molecule has 2 aromatic rings. The van der Waals surface area contributed by atoms with Crippen LogP contribution >= 0.6 is 22.9 Å². The van der Waals surface area contributed by atoms with Crippen LogP contribution in [0.4, 0.5) is 4.39 Å². The van der Waals surface area contributed by atoms with Crippen molar-refractivity contribution in [1.29, 1.82) is 0 Å². The number of benzene rings is 1. The van der Waals surface area contributed by atoms with E-state index in [2.05, 4.69) is 23.0 Å². The predicted molar refractivity (Wildman–Crippen MR) is 71.0 cm³/mol. The lowest BCUT2D eigenvalue weighted by atomic mass is 10.2. The summed E-state index contributed by atoms with van der Waals surface area (Å²) in [5.41, 5.74) is 3.19. The van der Waals surface area contributed by atoms with E-state index in [-0.39, 0.29) is 5.82 Å². The van der Waals surface area contributed by atoms with Gasteiger partial charge in [0.15, 0.2) is 0 Å². The third-order valence-electron chi connectivity index (χ3n) is 2.61. The monoisotopic (exact) mass is 269 g/mol. The van der Waals surface area contributed by atoms with Crippen molar-refractivity contribution in [3.05, 3.63) is 56.5 Å². The number of nitrogens with one attached hydrogen (secondary N) is 1. The van der Waals surface area contributed by atoms with Crippen molar-refractivity contribution in [3.8, 4) is 0 Å². The Morgan fingerprint density at radius 1 is 1.24 bits per heavy atom. The SMILES string of the molecule is Cc1cscc1CNCc1ccc(Cl)cc1F. The molecule has 4 heteroatoms. The standard InChI is InChI=1S/C13H13ClFNS/c1-9-7-17-8-11(9)6-16-5-10-2-3-12(14)4-13(10)15/h2-4,7-8,16H,5-6H2,1H3. The lowest BCUT2D eigenvalue weighted by Crippen LogP contribution is -2.13. The highest BCUT2D eigenvalue weighted by Gasteiger charge is 2.03. The maximum absolute atomic E-state index is 13.5. The van der Waals surface area contributed by atoms with Crippen molar-refractivity contribution in [3.63, 3.8) is 0 Å². The zero-order valence-electron chi connectivity index (χ0n) is 9.47. The molecule has 0 bridgehead atoms. The first kappa shape index (κ1) is 12.6. The molecule has 0 amide bonds. The Morgan fingerprint density at radius 3 is 2.65 bits per heavy atom. The fourth-order valence-electron chi connectivity index (χ4n) is 1.56. The van der Waals surface area contributed by atoms with Gasteiger partial charge in [0, 0.05) is 23.7 Å². The van der Waals surface area contributed by atoms with E-state index in [0.717, 1.165) is 6.54 Å². The Labute approximate surface area is 109 Å². The average Bonchev–Trinajstić information content (AvgIpc) is 2.68. The van der Waals surface area contributed by atoms with Crippen LogP contribution in [0.2, 0.25) is 5.02 Å². The van der Waals surface area contributed by atoms with Gasteiger partial charge in [0.05, 0.1) is 0 Å². The van der Waals surface area contributed by atoms with Gasteiger partial charge in [-0.15, -0.1) is 0 Å². The number of thiophene rings is 1. The molecule has 0 fully saturated rings. The molecular formula is C13H13ClFNS. The van der Waals surface area contributed by atoms with Crippen LogP contribution in [-0.2, 0) is 13.1 Å². The first-order valence-corrected chi connectivity index (χ1v) is 6.65. The Balaban J connectivity index is 1.92. The van der Waals surface area contributed by atoms with Crippen molar-refractivity contribution in [2.24, 2.45) is 0 Å². The van der Waals surface area contributed by atoms with Crippen LogP contribution < -0.4 is 5.32 Å². The van der Waals surface area contributed by atoms with E-state index in [9.17, 15) is 4.39 Å². The van der Waals surface area contributed by atoms with E-state index in [4.69, 9.17) is 11.6 Å². The molecule has 2 rings (SSSR count). The second kappa shape index (κ2) is 5.63. The van der Waals surface area contributed by atoms with Crippen LogP contribution in [0.1, 0.15) is 16.7 Å². The molecule has 90 valence electrons. The lowest BCUT2D eigenvalue weighted by molar-refractivity contribution is 0.588. The van der Waals surface area contributed by atoms with Gasteiger partial charge in [0.2, 0.25) is 0 Å². The van der Waals surface area contributed by atoms with Gasteiger partial charge in [0.1, 0.15) is 5.82 Å². The number of halogens is 2. The number of hydrogen-bond acceptors (Lipinski definition) is 2. The Bertz CT molecular complexity index is 510. The van der Waals surface area contributed by atoms with Crippen LogP contribution in [0, 0.1) is 12.7 Å². The summed E-state index contributed by atoms with van der Waals surface area (Å²) in [5, 5.41) is 7.88. The molecule has 0 saturated carbocycles. The average molecular weight is 270 g/mol. The molecule has 1 aromatic heterocycles. The van der Waals surface area contributed by atoms with Crippen molar-refractivity contribution in [2.45, 2.75) is 20.0 Å². The van der Waals surface area contributed by atoms with Gasteiger partial charge in [-0.3, -0.25) is 0 Å². The largest absolute Gasteiger partial charge is 0.308 e. The van der Waals surface area contributed by atoms with Gasteiger partial charge >= 0.3 is 0 Å². The number of rotatable bonds is 4. The van der Waals surface area contributed by atoms with Gasteiger partial charge in [0.25, 0.3) is 0 Å². The summed E-state index contributed by atoms with van der Waals surface area (Å²) in [4.78, 5) is 0. The van der Waals surface area contributed by atoms with Crippen molar-refractivity contribution < 1.29 is 4.39 Å². The molecule has 0 aliphatic carbocycles. The molecule has 0 aliphatic rings. The van der Waals surface area contributed by atoms with Gasteiger partial charge in [-0.1, -0.05) is 17.7 Å². The minimum atomic E-state index is -0.257. The number of aryl methyl sites for hydroxylation is 1. The van der Waals surface area contributed by atoms with E-state index < -0.39 is 0 Å².